The van der Waals surface area contributed by atoms with Crippen molar-refractivity contribution in [3.05, 3.63) is 35.4 Å². The summed E-state index contributed by atoms with van der Waals surface area (Å²) in [5.74, 6) is -1.99. The van der Waals surface area contributed by atoms with Crippen molar-refractivity contribution in [3.63, 3.8) is 0 Å². The molecule has 2 unspecified atom stereocenters. The second-order valence-electron chi connectivity index (χ2n) is 6.11. The molecule has 0 bridgehead atoms. The van der Waals surface area contributed by atoms with Crippen molar-refractivity contribution < 1.29 is 11.3 Å². The van der Waals surface area contributed by atoms with Crippen LogP contribution in [0.3, 0.4) is 0 Å². The lowest BCUT2D eigenvalue weighted by molar-refractivity contribution is -0.143. The molecule has 20 heavy (non-hydrogen) atoms. The Kier molecular flexibility index (Phi) is 4.69. The topological polar surface area (TPSA) is 49.3 Å². The third-order valence-corrected chi connectivity index (χ3v) is 3.86. The van der Waals surface area contributed by atoms with E-state index in [9.17, 15) is 9.90 Å². The van der Waals surface area contributed by atoms with Crippen LogP contribution in [-0.2, 0) is 17.6 Å². The molecule has 2 rings (SSSR count). The van der Waals surface area contributed by atoms with E-state index in [0.29, 0.717) is 12.5 Å². The van der Waals surface area contributed by atoms with Crippen LogP contribution in [0.2, 0.25) is 0 Å². The molecule has 0 saturated carbocycles. The first-order chi connectivity index (χ1) is 9.91. The molecule has 1 aliphatic heterocycles. The maximum absolute atomic E-state index is 11.7. The van der Waals surface area contributed by atoms with Crippen molar-refractivity contribution in [2.24, 2.45) is 17.7 Å². The molecule has 0 spiro atoms. The number of hydrogen-bond acceptors (Lipinski definition) is 2. The van der Waals surface area contributed by atoms with Crippen LogP contribution in [0.15, 0.2) is 24.3 Å². The SMILES string of the molecule is [2H]C(Cc1cccc(CC(C)C)c1)(C(=O)O)C1CCNC1. The summed E-state index contributed by atoms with van der Waals surface area (Å²) in [5, 5.41) is 12.7. The Morgan fingerprint density at radius 3 is 2.70 bits per heavy atom. The summed E-state index contributed by atoms with van der Waals surface area (Å²) in [6, 6.07) is 8.06. The van der Waals surface area contributed by atoms with Crippen LogP contribution in [0.5, 0.6) is 0 Å². The lowest BCUT2D eigenvalue weighted by atomic mass is 9.85. The first kappa shape index (κ1) is 13.6. The fourth-order valence-electron chi connectivity index (χ4n) is 2.90. The largest absolute Gasteiger partial charge is 0.481 e. The molecule has 1 aromatic carbocycles. The van der Waals surface area contributed by atoms with Crippen molar-refractivity contribution >= 4 is 5.97 Å². The molecular formula is C17H25NO2. The molecule has 1 aromatic rings. The summed E-state index contributed by atoms with van der Waals surface area (Å²) < 4.78 is 8.48. The number of carbonyl (C=O) groups is 1. The Morgan fingerprint density at radius 2 is 2.15 bits per heavy atom. The molecule has 1 fully saturated rings. The summed E-state index contributed by atoms with van der Waals surface area (Å²) in [7, 11) is 0. The molecule has 1 heterocycles. The van der Waals surface area contributed by atoms with E-state index in [1.165, 1.54) is 5.56 Å². The number of carboxylic acids is 1. The van der Waals surface area contributed by atoms with Crippen LogP contribution in [-0.4, -0.2) is 24.2 Å². The Bertz CT molecular complexity index is 497. The van der Waals surface area contributed by atoms with E-state index in [1.54, 1.807) is 0 Å². The predicted molar refractivity (Wildman–Crippen MR) is 80.8 cm³/mol. The number of hydrogen-bond donors (Lipinski definition) is 2. The number of benzene rings is 1. The first-order valence-electron chi connectivity index (χ1n) is 7.93. The zero-order valence-electron chi connectivity index (χ0n) is 13.4. The number of aliphatic carboxylic acids is 1. The quantitative estimate of drug-likeness (QED) is 0.840. The molecular weight excluding hydrogens is 250 g/mol. The highest BCUT2D eigenvalue weighted by atomic mass is 16.4. The van der Waals surface area contributed by atoms with Gasteiger partial charge in [0.05, 0.1) is 5.89 Å². The van der Waals surface area contributed by atoms with Gasteiger partial charge < -0.3 is 10.4 Å². The minimum Gasteiger partial charge on any atom is -0.481 e. The van der Waals surface area contributed by atoms with Gasteiger partial charge in [-0.1, -0.05) is 38.1 Å². The van der Waals surface area contributed by atoms with Crippen LogP contribution in [0.25, 0.3) is 0 Å². The zero-order chi connectivity index (χ0) is 15.5. The molecule has 0 amide bonds. The second-order valence-corrected chi connectivity index (χ2v) is 6.11. The van der Waals surface area contributed by atoms with Crippen LogP contribution in [0, 0.1) is 17.7 Å². The molecule has 110 valence electrons. The van der Waals surface area contributed by atoms with Crippen molar-refractivity contribution in [2.45, 2.75) is 33.1 Å². The summed E-state index contributed by atoms with van der Waals surface area (Å²) in [4.78, 5) is 11.7. The van der Waals surface area contributed by atoms with Gasteiger partial charge in [-0.15, -0.1) is 0 Å². The standard InChI is InChI=1S/C17H25NO2/c1-12(2)8-13-4-3-5-14(9-13)10-16(17(19)20)15-6-7-18-11-15/h3-5,9,12,15-16,18H,6-8,10-11H2,1-2H3,(H,19,20)/i16D. The Labute approximate surface area is 122 Å². The summed E-state index contributed by atoms with van der Waals surface area (Å²) in [5.41, 5.74) is 2.18. The lowest BCUT2D eigenvalue weighted by Crippen LogP contribution is -2.27. The van der Waals surface area contributed by atoms with Crippen LogP contribution >= 0.6 is 0 Å². The lowest BCUT2D eigenvalue weighted by Gasteiger charge is -2.19. The zero-order valence-corrected chi connectivity index (χ0v) is 12.4. The van der Waals surface area contributed by atoms with Gasteiger partial charge in [0.2, 0.25) is 0 Å². The third-order valence-electron chi connectivity index (χ3n) is 3.86. The van der Waals surface area contributed by atoms with Crippen molar-refractivity contribution in [1.29, 1.82) is 0 Å². The Morgan fingerprint density at radius 1 is 1.45 bits per heavy atom. The minimum absolute atomic E-state index is 0.122. The van der Waals surface area contributed by atoms with Gasteiger partial charge in [0.1, 0.15) is 0 Å². The highest BCUT2D eigenvalue weighted by molar-refractivity contribution is 5.71. The first-order valence-corrected chi connectivity index (χ1v) is 7.43. The molecule has 1 saturated heterocycles. The van der Waals surface area contributed by atoms with E-state index in [2.05, 4.69) is 31.3 Å². The predicted octanol–water partition coefficient (Wildman–Crippen LogP) is 2.74. The monoisotopic (exact) mass is 276 g/mol. The number of nitrogens with one attached hydrogen (secondary N) is 1. The highest BCUT2D eigenvalue weighted by Crippen LogP contribution is 2.24. The number of rotatable bonds is 6. The Hall–Kier alpha value is -1.35. The average Bonchev–Trinajstić information content (AvgIpc) is 2.92. The molecule has 0 radical (unpaired) electrons. The fourth-order valence-corrected chi connectivity index (χ4v) is 2.90. The maximum Gasteiger partial charge on any atom is 0.307 e. The summed E-state index contributed by atoms with van der Waals surface area (Å²) in [6.07, 6.45) is 2.03. The van der Waals surface area contributed by atoms with E-state index in [0.717, 1.165) is 24.9 Å². The normalized spacial score (nSPS) is 22.6. The van der Waals surface area contributed by atoms with Gasteiger partial charge in [-0.25, -0.2) is 0 Å². The van der Waals surface area contributed by atoms with E-state index in [1.807, 2.05) is 12.1 Å². The molecule has 0 aromatic heterocycles. The van der Waals surface area contributed by atoms with E-state index in [4.69, 9.17) is 1.37 Å². The van der Waals surface area contributed by atoms with Gasteiger partial charge in [-0.05, 0) is 55.3 Å². The molecule has 0 aliphatic carbocycles. The van der Waals surface area contributed by atoms with E-state index >= 15 is 0 Å². The molecule has 2 N–H and O–H groups in total. The van der Waals surface area contributed by atoms with Gasteiger partial charge in [0, 0.05) is 1.37 Å². The smallest absolute Gasteiger partial charge is 0.307 e. The second kappa shape index (κ2) is 6.89. The van der Waals surface area contributed by atoms with Crippen LogP contribution < -0.4 is 5.32 Å². The fraction of sp³-hybridized carbons (Fsp3) is 0.588. The third kappa shape index (κ3) is 4.07. The van der Waals surface area contributed by atoms with Crippen LogP contribution in [0.1, 0.15) is 32.8 Å². The average molecular weight is 276 g/mol. The molecule has 2 atom stereocenters. The highest BCUT2D eigenvalue weighted by Gasteiger charge is 2.30. The van der Waals surface area contributed by atoms with E-state index < -0.39 is 11.9 Å². The maximum atomic E-state index is 11.7. The van der Waals surface area contributed by atoms with Gasteiger partial charge in [0.25, 0.3) is 0 Å². The molecule has 1 aliphatic rings. The van der Waals surface area contributed by atoms with Crippen molar-refractivity contribution in [3.8, 4) is 0 Å². The van der Waals surface area contributed by atoms with Crippen molar-refractivity contribution in [2.75, 3.05) is 13.1 Å². The van der Waals surface area contributed by atoms with Gasteiger partial charge in [-0.3, -0.25) is 4.79 Å². The van der Waals surface area contributed by atoms with Gasteiger partial charge >= 0.3 is 5.97 Å². The van der Waals surface area contributed by atoms with Crippen molar-refractivity contribution in [1.82, 2.24) is 5.32 Å². The number of carboxylic acid groups (broad SMARTS) is 1. The summed E-state index contributed by atoms with van der Waals surface area (Å²) >= 11 is 0. The van der Waals surface area contributed by atoms with E-state index in [-0.39, 0.29) is 12.3 Å². The van der Waals surface area contributed by atoms with Gasteiger partial charge in [-0.2, -0.15) is 0 Å². The molecule has 3 nitrogen and oxygen atoms in total. The Balaban J connectivity index is 2.18. The molecule has 3 heteroatoms. The minimum atomic E-state index is -1.43. The van der Waals surface area contributed by atoms with Gasteiger partial charge in [0.15, 0.2) is 0 Å². The van der Waals surface area contributed by atoms with Crippen LogP contribution in [0.4, 0.5) is 0 Å². The summed E-state index contributed by atoms with van der Waals surface area (Å²) in [6.45, 7) is 5.78.